The van der Waals surface area contributed by atoms with E-state index in [-0.39, 0.29) is 0 Å². The lowest BCUT2D eigenvalue weighted by atomic mass is 10.3. The second-order valence-corrected chi connectivity index (χ2v) is 6.47. The van der Waals surface area contributed by atoms with Crippen molar-refractivity contribution in [1.29, 1.82) is 0 Å². The molecule has 0 bridgehead atoms. The Labute approximate surface area is 105 Å². The first kappa shape index (κ1) is 15.0. The molecular formula is C6H7NO8S3. The van der Waals surface area contributed by atoms with Gasteiger partial charge >= 0.3 is 0 Å². The molecule has 18 heavy (non-hydrogen) atoms. The molecule has 0 aromatic heterocycles. The summed E-state index contributed by atoms with van der Waals surface area (Å²) in [5, 5.41) is 0. The Balaban J connectivity index is 3.53. The van der Waals surface area contributed by atoms with E-state index in [4.69, 9.17) is 13.7 Å². The third kappa shape index (κ3) is 3.72. The molecule has 0 saturated carbocycles. The van der Waals surface area contributed by atoms with Crippen LogP contribution in [0, 0.1) is 0 Å². The predicted octanol–water partition coefficient (Wildman–Crippen LogP) is -0.271. The van der Waals surface area contributed by atoms with Gasteiger partial charge in [-0.3, -0.25) is 18.4 Å². The van der Waals surface area contributed by atoms with E-state index in [9.17, 15) is 21.0 Å². The van der Waals surface area contributed by atoms with Crippen molar-refractivity contribution < 1.29 is 34.7 Å². The summed E-state index contributed by atoms with van der Waals surface area (Å²) >= 11 is -2.70. The maximum absolute atomic E-state index is 10.9. The summed E-state index contributed by atoms with van der Waals surface area (Å²) in [6, 6.07) is 1.96. The van der Waals surface area contributed by atoms with Crippen molar-refractivity contribution in [3.8, 4) is 0 Å². The number of anilines is 1. The minimum Gasteiger partial charge on any atom is -0.289 e. The molecule has 0 aliphatic heterocycles. The summed E-state index contributed by atoms with van der Waals surface area (Å²) in [7, 11) is -9.35. The van der Waals surface area contributed by atoms with Crippen molar-refractivity contribution >= 4 is 37.2 Å². The van der Waals surface area contributed by atoms with Crippen LogP contribution in [0.4, 0.5) is 5.69 Å². The molecule has 1 rings (SSSR count). The minimum atomic E-state index is -4.73. The van der Waals surface area contributed by atoms with Crippen molar-refractivity contribution in [3.05, 3.63) is 18.2 Å². The Morgan fingerprint density at radius 2 is 1.61 bits per heavy atom. The summed E-state index contributed by atoms with van der Waals surface area (Å²) in [5.41, 5.74) is -0.645. The van der Waals surface area contributed by atoms with Gasteiger partial charge in [0.1, 0.15) is 4.90 Å². The molecule has 102 valence electrons. The van der Waals surface area contributed by atoms with Gasteiger partial charge in [0, 0.05) is 0 Å². The van der Waals surface area contributed by atoms with Gasteiger partial charge < -0.3 is 0 Å². The molecule has 9 nitrogen and oxygen atoms in total. The highest BCUT2D eigenvalue weighted by Crippen LogP contribution is 2.25. The zero-order chi connectivity index (χ0) is 14.1. The van der Waals surface area contributed by atoms with Crippen molar-refractivity contribution in [3.63, 3.8) is 0 Å². The number of hydrogen-bond donors (Lipinski definition) is 4. The maximum atomic E-state index is 10.9. The average molecular weight is 317 g/mol. The van der Waals surface area contributed by atoms with E-state index in [1.807, 2.05) is 0 Å². The second-order valence-electron chi connectivity index (χ2n) is 2.96. The van der Waals surface area contributed by atoms with E-state index in [1.54, 1.807) is 4.72 Å². The molecule has 0 aliphatic rings. The van der Waals surface area contributed by atoms with E-state index in [0.717, 1.165) is 0 Å². The monoisotopic (exact) mass is 317 g/mol. The van der Waals surface area contributed by atoms with Crippen LogP contribution in [0.3, 0.4) is 0 Å². The lowest BCUT2D eigenvalue weighted by Crippen LogP contribution is -2.10. The molecule has 0 spiro atoms. The maximum Gasteiger partial charge on any atom is 0.296 e. The highest BCUT2D eigenvalue weighted by molar-refractivity contribution is 7.86. The molecule has 1 atom stereocenters. The van der Waals surface area contributed by atoms with Crippen LogP contribution >= 0.6 is 0 Å². The Hall–Kier alpha value is -1.05. The van der Waals surface area contributed by atoms with E-state index in [0.29, 0.717) is 18.2 Å². The molecule has 0 radical (unpaired) electrons. The Morgan fingerprint density at radius 3 is 2.00 bits per heavy atom. The molecule has 0 amide bonds. The molecule has 0 heterocycles. The van der Waals surface area contributed by atoms with Crippen LogP contribution in [-0.2, 0) is 31.5 Å². The molecule has 0 aliphatic carbocycles. The first-order chi connectivity index (χ1) is 8.01. The lowest BCUT2D eigenvalue weighted by molar-refractivity contribution is 0.479. The van der Waals surface area contributed by atoms with Gasteiger partial charge in [-0.2, -0.15) is 16.8 Å². The summed E-state index contributed by atoms with van der Waals surface area (Å²) in [6.45, 7) is 0. The zero-order valence-corrected chi connectivity index (χ0v) is 10.8. The smallest absolute Gasteiger partial charge is 0.289 e. The Kier molecular flexibility index (Phi) is 4.09. The normalized spacial score (nSPS) is 14.2. The van der Waals surface area contributed by atoms with Gasteiger partial charge in [-0.25, -0.2) is 4.21 Å². The van der Waals surface area contributed by atoms with Crippen LogP contribution in [0.1, 0.15) is 0 Å². The van der Waals surface area contributed by atoms with Gasteiger partial charge in [-0.05, 0) is 18.2 Å². The van der Waals surface area contributed by atoms with Gasteiger partial charge in [0.2, 0.25) is 0 Å². The number of nitrogens with one attached hydrogen (secondary N) is 1. The van der Waals surface area contributed by atoms with Crippen molar-refractivity contribution in [2.75, 3.05) is 4.72 Å². The molecule has 12 heteroatoms. The molecular weight excluding hydrogens is 310 g/mol. The molecule has 0 saturated heterocycles. The average Bonchev–Trinajstić information content (AvgIpc) is 2.13. The van der Waals surface area contributed by atoms with Crippen molar-refractivity contribution in [2.24, 2.45) is 0 Å². The summed E-state index contributed by atoms with van der Waals surface area (Å²) in [5.74, 6) is 0. The highest BCUT2D eigenvalue weighted by Gasteiger charge is 2.20. The summed E-state index contributed by atoms with van der Waals surface area (Å²) < 4.78 is 81.8. The Morgan fingerprint density at radius 1 is 1.06 bits per heavy atom. The van der Waals surface area contributed by atoms with E-state index >= 15 is 0 Å². The van der Waals surface area contributed by atoms with Gasteiger partial charge in [0.15, 0.2) is 0 Å². The zero-order valence-electron chi connectivity index (χ0n) is 8.34. The lowest BCUT2D eigenvalue weighted by Gasteiger charge is -2.08. The van der Waals surface area contributed by atoms with Crippen molar-refractivity contribution in [1.82, 2.24) is 0 Å². The van der Waals surface area contributed by atoms with Gasteiger partial charge in [0.05, 0.1) is 10.6 Å². The molecule has 1 unspecified atom stereocenters. The third-order valence-corrected chi connectivity index (χ3v) is 3.88. The first-order valence-corrected chi connectivity index (χ1v) is 7.97. The highest BCUT2D eigenvalue weighted by atomic mass is 32.2. The van der Waals surface area contributed by atoms with Gasteiger partial charge in [-0.15, -0.1) is 0 Å². The number of benzene rings is 1. The molecule has 0 fully saturated rings. The van der Waals surface area contributed by atoms with Gasteiger partial charge in [-0.1, -0.05) is 0 Å². The van der Waals surface area contributed by atoms with Crippen LogP contribution in [0.5, 0.6) is 0 Å². The fourth-order valence-corrected chi connectivity index (χ4v) is 2.62. The van der Waals surface area contributed by atoms with E-state index in [1.165, 1.54) is 0 Å². The second kappa shape index (κ2) is 4.91. The number of hydrogen-bond acceptors (Lipinski definition) is 5. The van der Waals surface area contributed by atoms with Crippen LogP contribution in [0.25, 0.3) is 0 Å². The topological polar surface area (TPSA) is 158 Å². The standard InChI is InChI=1S/C6H7NO8S3/c8-16(9)7-5-3-4(17(10,11)12)1-2-6(5)18(13,14)15/h1-3,7H,(H,8,9)(H,10,11,12)(H,13,14,15). The summed E-state index contributed by atoms with van der Waals surface area (Å²) in [6.07, 6.45) is 0. The fraction of sp³-hybridized carbons (Fsp3) is 0. The third-order valence-electron chi connectivity index (χ3n) is 1.72. The minimum absolute atomic E-state index is 0.590. The number of rotatable bonds is 4. The largest absolute Gasteiger partial charge is 0.296 e. The Bertz CT molecular complexity index is 692. The van der Waals surface area contributed by atoms with Crippen LogP contribution < -0.4 is 4.72 Å². The summed E-state index contributed by atoms with van der Waals surface area (Å²) in [4.78, 5) is -1.51. The quantitative estimate of drug-likeness (QED) is 0.436. The predicted molar refractivity (Wildman–Crippen MR) is 60.5 cm³/mol. The van der Waals surface area contributed by atoms with Crippen LogP contribution in [0.15, 0.2) is 28.0 Å². The SMILES string of the molecule is O=S(O)Nc1cc(S(=O)(=O)O)ccc1S(=O)(=O)O. The van der Waals surface area contributed by atoms with E-state index in [2.05, 4.69) is 0 Å². The van der Waals surface area contributed by atoms with Crippen LogP contribution in [-0.4, -0.2) is 34.7 Å². The van der Waals surface area contributed by atoms with E-state index < -0.39 is 47.0 Å². The van der Waals surface area contributed by atoms with Gasteiger partial charge in [0.25, 0.3) is 31.5 Å². The van der Waals surface area contributed by atoms with Crippen LogP contribution in [0.2, 0.25) is 0 Å². The first-order valence-electron chi connectivity index (χ1n) is 3.98. The molecule has 1 aromatic carbocycles. The fourth-order valence-electron chi connectivity index (χ4n) is 1.07. The molecule has 4 N–H and O–H groups in total. The molecule has 1 aromatic rings. The van der Waals surface area contributed by atoms with Crippen molar-refractivity contribution in [2.45, 2.75) is 9.79 Å².